The van der Waals surface area contributed by atoms with Crippen LogP contribution in [0.3, 0.4) is 0 Å². The van der Waals surface area contributed by atoms with Crippen molar-refractivity contribution in [2.75, 3.05) is 6.61 Å². The molecular formula is C17H19N3O. The number of hydrogen-bond acceptors (Lipinski definition) is 3. The molecular weight excluding hydrogens is 262 g/mol. The number of nitrogens with zero attached hydrogens (tertiary/aromatic N) is 2. The van der Waals surface area contributed by atoms with Crippen molar-refractivity contribution >= 4 is 10.9 Å². The normalized spacial score (nSPS) is 12.5. The molecule has 3 aromatic rings. The molecule has 1 aromatic heterocycles. The standard InChI is InChI=1S/C17H19N3O/c1-2-21-17-10-6-4-8-14(17)15(18)12-20-16-9-5-3-7-13(16)11-19-20/h3-11,15H,2,12,18H2,1H3. The molecule has 0 saturated carbocycles. The van der Waals surface area contributed by atoms with Gasteiger partial charge in [-0.05, 0) is 19.1 Å². The Morgan fingerprint density at radius 1 is 1.14 bits per heavy atom. The van der Waals surface area contributed by atoms with E-state index in [2.05, 4.69) is 17.2 Å². The first-order valence-corrected chi connectivity index (χ1v) is 7.17. The molecule has 0 fully saturated rings. The van der Waals surface area contributed by atoms with Crippen LogP contribution in [0.2, 0.25) is 0 Å². The van der Waals surface area contributed by atoms with Gasteiger partial charge in [0.1, 0.15) is 5.75 Å². The summed E-state index contributed by atoms with van der Waals surface area (Å²) in [5.74, 6) is 0.851. The number of fused-ring (bicyclic) bond motifs is 1. The highest BCUT2D eigenvalue weighted by molar-refractivity contribution is 5.78. The maximum Gasteiger partial charge on any atom is 0.124 e. The smallest absolute Gasteiger partial charge is 0.124 e. The third-order valence-electron chi connectivity index (χ3n) is 3.54. The number of aromatic nitrogens is 2. The molecule has 21 heavy (non-hydrogen) atoms. The van der Waals surface area contributed by atoms with Crippen LogP contribution in [0.25, 0.3) is 10.9 Å². The molecule has 0 radical (unpaired) electrons. The first-order chi connectivity index (χ1) is 10.3. The highest BCUT2D eigenvalue weighted by Gasteiger charge is 2.14. The lowest BCUT2D eigenvalue weighted by atomic mass is 10.1. The number of nitrogens with two attached hydrogens (primary N) is 1. The second-order valence-corrected chi connectivity index (χ2v) is 4.96. The number of para-hydroxylation sites is 2. The zero-order chi connectivity index (χ0) is 14.7. The van der Waals surface area contributed by atoms with Crippen molar-refractivity contribution < 1.29 is 4.74 Å². The Balaban J connectivity index is 1.88. The molecule has 0 bridgehead atoms. The molecule has 1 unspecified atom stereocenters. The van der Waals surface area contributed by atoms with E-state index in [4.69, 9.17) is 10.5 Å². The van der Waals surface area contributed by atoms with Crippen LogP contribution in [0.4, 0.5) is 0 Å². The molecule has 0 aliphatic rings. The molecule has 2 N–H and O–H groups in total. The minimum Gasteiger partial charge on any atom is -0.494 e. The van der Waals surface area contributed by atoms with E-state index in [1.165, 1.54) is 0 Å². The van der Waals surface area contributed by atoms with Gasteiger partial charge in [-0.15, -0.1) is 0 Å². The number of benzene rings is 2. The van der Waals surface area contributed by atoms with Crippen LogP contribution in [0.15, 0.2) is 54.7 Å². The fourth-order valence-electron chi connectivity index (χ4n) is 2.53. The molecule has 1 atom stereocenters. The van der Waals surface area contributed by atoms with Crippen LogP contribution >= 0.6 is 0 Å². The molecule has 0 spiro atoms. The molecule has 1 heterocycles. The molecule has 2 aromatic carbocycles. The topological polar surface area (TPSA) is 53.1 Å². The Bertz CT molecular complexity index is 735. The summed E-state index contributed by atoms with van der Waals surface area (Å²) in [6, 6.07) is 15.9. The number of ether oxygens (including phenoxy) is 1. The molecule has 4 heteroatoms. The first kappa shape index (κ1) is 13.6. The third-order valence-corrected chi connectivity index (χ3v) is 3.54. The SMILES string of the molecule is CCOc1ccccc1C(N)Cn1ncc2ccccc21. The molecule has 4 nitrogen and oxygen atoms in total. The highest BCUT2D eigenvalue weighted by Crippen LogP contribution is 2.25. The monoisotopic (exact) mass is 281 g/mol. The lowest BCUT2D eigenvalue weighted by molar-refractivity contribution is 0.332. The maximum atomic E-state index is 6.37. The summed E-state index contributed by atoms with van der Waals surface area (Å²) in [6.45, 7) is 3.23. The van der Waals surface area contributed by atoms with Crippen molar-refractivity contribution in [1.29, 1.82) is 0 Å². The Labute approximate surface area is 124 Å². The Kier molecular flexibility index (Phi) is 3.88. The predicted molar refractivity (Wildman–Crippen MR) is 84.3 cm³/mol. The average molecular weight is 281 g/mol. The van der Waals surface area contributed by atoms with E-state index in [-0.39, 0.29) is 6.04 Å². The summed E-state index contributed by atoms with van der Waals surface area (Å²) in [5, 5.41) is 5.56. The molecule has 0 aliphatic heterocycles. The summed E-state index contributed by atoms with van der Waals surface area (Å²) < 4.78 is 7.60. The zero-order valence-electron chi connectivity index (χ0n) is 12.1. The lowest BCUT2D eigenvalue weighted by Gasteiger charge is -2.17. The van der Waals surface area contributed by atoms with Crippen molar-refractivity contribution in [1.82, 2.24) is 9.78 Å². The summed E-state index contributed by atoms with van der Waals surface area (Å²) in [7, 11) is 0. The van der Waals surface area contributed by atoms with Gasteiger partial charge in [0.2, 0.25) is 0 Å². The van der Waals surface area contributed by atoms with Crippen molar-refractivity contribution in [3.8, 4) is 5.75 Å². The van der Waals surface area contributed by atoms with Crippen molar-refractivity contribution in [2.24, 2.45) is 5.73 Å². The van der Waals surface area contributed by atoms with Crippen LogP contribution in [0.1, 0.15) is 18.5 Å². The van der Waals surface area contributed by atoms with Crippen LogP contribution in [0.5, 0.6) is 5.75 Å². The summed E-state index contributed by atoms with van der Waals surface area (Å²) in [4.78, 5) is 0. The van der Waals surface area contributed by atoms with Crippen LogP contribution in [0, 0.1) is 0 Å². The van der Waals surface area contributed by atoms with Gasteiger partial charge in [0.25, 0.3) is 0 Å². The van der Waals surface area contributed by atoms with Crippen LogP contribution < -0.4 is 10.5 Å². The Hall–Kier alpha value is -2.33. The van der Waals surface area contributed by atoms with Crippen molar-refractivity contribution in [2.45, 2.75) is 19.5 Å². The second-order valence-electron chi connectivity index (χ2n) is 4.96. The zero-order valence-corrected chi connectivity index (χ0v) is 12.1. The van der Waals surface area contributed by atoms with E-state index < -0.39 is 0 Å². The van der Waals surface area contributed by atoms with E-state index >= 15 is 0 Å². The molecule has 108 valence electrons. The molecule has 0 amide bonds. The van der Waals surface area contributed by atoms with Gasteiger partial charge in [-0.3, -0.25) is 4.68 Å². The number of hydrogen-bond donors (Lipinski definition) is 1. The first-order valence-electron chi connectivity index (χ1n) is 7.17. The predicted octanol–water partition coefficient (Wildman–Crippen LogP) is 3.14. The lowest BCUT2D eigenvalue weighted by Crippen LogP contribution is -2.19. The van der Waals surface area contributed by atoms with Crippen LogP contribution in [-0.4, -0.2) is 16.4 Å². The van der Waals surface area contributed by atoms with Crippen molar-refractivity contribution in [3.05, 3.63) is 60.3 Å². The van der Waals surface area contributed by atoms with E-state index in [1.807, 2.05) is 54.2 Å². The van der Waals surface area contributed by atoms with Gasteiger partial charge >= 0.3 is 0 Å². The minimum atomic E-state index is -0.156. The summed E-state index contributed by atoms with van der Waals surface area (Å²) in [5.41, 5.74) is 8.48. The van der Waals surface area contributed by atoms with Gasteiger partial charge in [0.15, 0.2) is 0 Å². The Morgan fingerprint density at radius 3 is 2.76 bits per heavy atom. The molecule has 0 saturated heterocycles. The van der Waals surface area contributed by atoms with Crippen molar-refractivity contribution in [3.63, 3.8) is 0 Å². The van der Waals surface area contributed by atoms with E-state index in [1.54, 1.807) is 0 Å². The van der Waals surface area contributed by atoms with Gasteiger partial charge in [-0.25, -0.2) is 0 Å². The van der Waals surface area contributed by atoms with Crippen LogP contribution in [-0.2, 0) is 6.54 Å². The highest BCUT2D eigenvalue weighted by atomic mass is 16.5. The van der Waals surface area contributed by atoms with Gasteiger partial charge in [-0.2, -0.15) is 5.10 Å². The summed E-state index contributed by atoms with van der Waals surface area (Å²) in [6.07, 6.45) is 1.87. The van der Waals surface area contributed by atoms with Gasteiger partial charge < -0.3 is 10.5 Å². The van der Waals surface area contributed by atoms with Gasteiger partial charge in [-0.1, -0.05) is 36.4 Å². The number of rotatable bonds is 5. The fraction of sp³-hybridized carbons (Fsp3) is 0.235. The van der Waals surface area contributed by atoms with Gasteiger partial charge in [0.05, 0.1) is 30.9 Å². The fourth-order valence-corrected chi connectivity index (χ4v) is 2.53. The molecule has 3 rings (SSSR count). The quantitative estimate of drug-likeness (QED) is 0.781. The van der Waals surface area contributed by atoms with E-state index in [0.717, 1.165) is 22.2 Å². The van der Waals surface area contributed by atoms with E-state index in [9.17, 15) is 0 Å². The van der Waals surface area contributed by atoms with E-state index in [0.29, 0.717) is 13.2 Å². The summed E-state index contributed by atoms with van der Waals surface area (Å²) >= 11 is 0. The molecule has 0 aliphatic carbocycles. The minimum absolute atomic E-state index is 0.156. The maximum absolute atomic E-state index is 6.37. The van der Waals surface area contributed by atoms with Gasteiger partial charge in [0, 0.05) is 10.9 Å². The second kappa shape index (κ2) is 5.97. The Morgan fingerprint density at radius 2 is 1.90 bits per heavy atom. The largest absolute Gasteiger partial charge is 0.494 e. The average Bonchev–Trinajstić information content (AvgIpc) is 2.91. The third kappa shape index (κ3) is 2.76.